The zero-order valence-corrected chi connectivity index (χ0v) is 11.4. The van der Waals surface area contributed by atoms with Crippen LogP contribution in [0.2, 0.25) is 0 Å². The van der Waals surface area contributed by atoms with Gasteiger partial charge < -0.3 is 0 Å². The topological polar surface area (TPSA) is 46.2 Å². The van der Waals surface area contributed by atoms with E-state index >= 15 is 0 Å². The molecule has 0 saturated heterocycles. The molecule has 6 heteroatoms. The summed E-state index contributed by atoms with van der Waals surface area (Å²) in [5.41, 5.74) is 0.0148. The molecule has 0 aliphatic heterocycles. The van der Waals surface area contributed by atoms with Gasteiger partial charge in [0.25, 0.3) is 0 Å². The third kappa shape index (κ3) is 2.59. The van der Waals surface area contributed by atoms with Crippen LogP contribution in [-0.2, 0) is 10.0 Å². The molecule has 0 bridgehead atoms. The fourth-order valence-electron chi connectivity index (χ4n) is 1.41. The minimum absolute atomic E-state index is 0.0148. The molecule has 1 N–H and O–H groups in total. The highest BCUT2D eigenvalue weighted by atomic mass is 35.5. The molecule has 0 spiro atoms. The van der Waals surface area contributed by atoms with Crippen molar-refractivity contribution in [1.29, 1.82) is 0 Å². The second-order valence-electron chi connectivity index (χ2n) is 4.32. The fraction of sp³-hybridized carbons (Fsp3) is 0.600. The number of alkyl halides is 1. The lowest BCUT2D eigenvalue weighted by molar-refractivity contribution is 0.536. The van der Waals surface area contributed by atoms with Crippen molar-refractivity contribution >= 4 is 33.0 Å². The minimum Gasteiger partial charge on any atom is -0.210 e. The maximum Gasteiger partial charge on any atom is 0.250 e. The first kappa shape index (κ1) is 12.4. The van der Waals surface area contributed by atoms with Gasteiger partial charge in [-0.15, -0.1) is 22.9 Å². The largest absolute Gasteiger partial charge is 0.250 e. The van der Waals surface area contributed by atoms with Gasteiger partial charge in [-0.2, -0.15) is 0 Å². The molecule has 0 unspecified atom stereocenters. The Hall–Kier alpha value is -0.100. The number of hydrogen-bond acceptors (Lipinski definition) is 3. The SMILES string of the molecule is Cc1ccc(S(=O)(=O)NCC2(CCl)CC2)s1. The van der Waals surface area contributed by atoms with Crippen molar-refractivity contribution < 1.29 is 8.42 Å². The van der Waals surface area contributed by atoms with E-state index in [2.05, 4.69) is 4.72 Å². The molecule has 1 saturated carbocycles. The molecule has 0 atom stereocenters. The minimum atomic E-state index is -3.33. The van der Waals surface area contributed by atoms with Crippen molar-refractivity contribution in [2.45, 2.75) is 24.0 Å². The van der Waals surface area contributed by atoms with Crippen LogP contribution in [0.5, 0.6) is 0 Å². The van der Waals surface area contributed by atoms with Crippen LogP contribution in [0.25, 0.3) is 0 Å². The Morgan fingerprint density at radius 3 is 2.62 bits per heavy atom. The van der Waals surface area contributed by atoms with Gasteiger partial charge >= 0.3 is 0 Å². The van der Waals surface area contributed by atoms with Crippen LogP contribution in [0.3, 0.4) is 0 Å². The van der Waals surface area contributed by atoms with Gasteiger partial charge in [0, 0.05) is 17.3 Å². The zero-order chi connectivity index (χ0) is 11.8. The molecule has 90 valence electrons. The molecular formula is C10H14ClNO2S2. The second-order valence-corrected chi connectivity index (χ2v) is 7.87. The molecule has 1 aliphatic rings. The van der Waals surface area contributed by atoms with Gasteiger partial charge in [-0.3, -0.25) is 0 Å². The third-order valence-corrected chi connectivity index (χ3v) is 6.32. The Bertz CT molecular complexity index is 477. The molecule has 16 heavy (non-hydrogen) atoms. The summed E-state index contributed by atoms with van der Waals surface area (Å²) in [6, 6.07) is 3.45. The van der Waals surface area contributed by atoms with Crippen LogP contribution < -0.4 is 4.72 Å². The van der Waals surface area contributed by atoms with Crippen molar-refractivity contribution in [2.75, 3.05) is 12.4 Å². The molecule has 0 radical (unpaired) electrons. The van der Waals surface area contributed by atoms with Gasteiger partial charge in [-0.05, 0) is 37.3 Å². The molecule has 3 nitrogen and oxygen atoms in total. The summed E-state index contributed by atoms with van der Waals surface area (Å²) >= 11 is 7.09. The maximum absolute atomic E-state index is 11.9. The van der Waals surface area contributed by atoms with E-state index in [9.17, 15) is 8.42 Å². The highest BCUT2D eigenvalue weighted by Gasteiger charge is 2.42. The highest BCUT2D eigenvalue weighted by Crippen LogP contribution is 2.46. The first-order chi connectivity index (χ1) is 7.47. The Kier molecular flexibility index (Phi) is 3.32. The molecule has 1 heterocycles. The number of halogens is 1. The zero-order valence-electron chi connectivity index (χ0n) is 8.99. The number of thiophene rings is 1. The standard InChI is InChI=1S/C10H14ClNO2S2/c1-8-2-3-9(15-8)16(13,14)12-7-10(6-11)4-5-10/h2-3,12H,4-7H2,1H3. The summed E-state index contributed by atoms with van der Waals surface area (Å²) in [7, 11) is -3.33. The number of nitrogens with one attached hydrogen (secondary N) is 1. The van der Waals surface area contributed by atoms with E-state index in [1.165, 1.54) is 11.3 Å². The van der Waals surface area contributed by atoms with E-state index in [4.69, 9.17) is 11.6 Å². The van der Waals surface area contributed by atoms with Crippen LogP contribution in [0.4, 0.5) is 0 Å². The monoisotopic (exact) mass is 279 g/mol. The summed E-state index contributed by atoms with van der Waals surface area (Å²) in [5.74, 6) is 0.527. The Labute approximate surface area is 105 Å². The average Bonchev–Trinajstić information content (AvgIpc) is 2.91. The summed E-state index contributed by atoms with van der Waals surface area (Å²) in [6.45, 7) is 2.35. The van der Waals surface area contributed by atoms with Crippen molar-refractivity contribution in [3.05, 3.63) is 17.0 Å². The summed E-state index contributed by atoms with van der Waals surface area (Å²) in [6.07, 6.45) is 2.03. The van der Waals surface area contributed by atoms with Crippen molar-refractivity contribution in [3.8, 4) is 0 Å². The van der Waals surface area contributed by atoms with E-state index < -0.39 is 10.0 Å². The van der Waals surface area contributed by atoms with Gasteiger partial charge in [0.1, 0.15) is 4.21 Å². The number of hydrogen-bond donors (Lipinski definition) is 1. The lowest BCUT2D eigenvalue weighted by Crippen LogP contribution is -2.30. The van der Waals surface area contributed by atoms with Gasteiger partial charge in [0.05, 0.1) is 0 Å². The molecular weight excluding hydrogens is 266 g/mol. The first-order valence-electron chi connectivity index (χ1n) is 5.10. The quantitative estimate of drug-likeness (QED) is 0.841. The van der Waals surface area contributed by atoms with Crippen LogP contribution in [0, 0.1) is 12.3 Å². The number of aryl methyl sites for hydroxylation is 1. The molecule has 1 fully saturated rings. The predicted molar refractivity (Wildman–Crippen MR) is 66.6 cm³/mol. The molecule has 2 rings (SSSR count). The summed E-state index contributed by atoms with van der Waals surface area (Å²) in [5, 5.41) is 0. The van der Waals surface area contributed by atoms with Crippen molar-refractivity contribution in [3.63, 3.8) is 0 Å². The lowest BCUT2D eigenvalue weighted by atomic mass is 10.1. The van der Waals surface area contributed by atoms with Crippen molar-refractivity contribution in [2.24, 2.45) is 5.41 Å². The number of sulfonamides is 1. The molecule has 0 amide bonds. The van der Waals surface area contributed by atoms with E-state index in [0.29, 0.717) is 16.6 Å². The first-order valence-corrected chi connectivity index (χ1v) is 7.93. The maximum atomic E-state index is 11.9. The van der Waals surface area contributed by atoms with E-state index in [-0.39, 0.29) is 5.41 Å². The van der Waals surface area contributed by atoms with Gasteiger partial charge in [-0.25, -0.2) is 13.1 Å². The van der Waals surface area contributed by atoms with Gasteiger partial charge in [0.15, 0.2) is 0 Å². The Morgan fingerprint density at radius 1 is 1.50 bits per heavy atom. The predicted octanol–water partition coefficient (Wildman–Crippen LogP) is 2.35. The van der Waals surface area contributed by atoms with E-state index in [1.807, 2.05) is 13.0 Å². The van der Waals surface area contributed by atoms with Gasteiger partial charge in [-0.1, -0.05) is 0 Å². The smallest absolute Gasteiger partial charge is 0.210 e. The average molecular weight is 280 g/mol. The summed E-state index contributed by atoms with van der Waals surface area (Å²) < 4.78 is 26.8. The van der Waals surface area contributed by atoms with Crippen LogP contribution >= 0.6 is 22.9 Å². The third-order valence-electron chi connectivity index (χ3n) is 2.86. The second kappa shape index (κ2) is 4.29. The van der Waals surface area contributed by atoms with Gasteiger partial charge in [0.2, 0.25) is 10.0 Å². The van der Waals surface area contributed by atoms with E-state index in [0.717, 1.165) is 17.7 Å². The van der Waals surface area contributed by atoms with Crippen molar-refractivity contribution in [1.82, 2.24) is 4.72 Å². The highest BCUT2D eigenvalue weighted by molar-refractivity contribution is 7.91. The number of rotatable bonds is 5. The van der Waals surface area contributed by atoms with E-state index in [1.54, 1.807) is 6.07 Å². The molecule has 1 aliphatic carbocycles. The summed E-state index contributed by atoms with van der Waals surface area (Å²) in [4.78, 5) is 0.999. The van der Waals surface area contributed by atoms with Crippen LogP contribution in [-0.4, -0.2) is 20.8 Å². The molecule has 0 aromatic carbocycles. The van der Waals surface area contributed by atoms with Crippen LogP contribution in [0.1, 0.15) is 17.7 Å². The normalized spacial score (nSPS) is 18.6. The fourth-order valence-corrected chi connectivity index (χ4v) is 4.26. The lowest BCUT2D eigenvalue weighted by Gasteiger charge is -2.11. The Morgan fingerprint density at radius 2 is 2.19 bits per heavy atom. The molecule has 1 aromatic heterocycles. The Balaban J connectivity index is 2.04. The van der Waals surface area contributed by atoms with Crippen LogP contribution in [0.15, 0.2) is 16.3 Å². The molecule has 1 aromatic rings.